The molecule has 0 aliphatic carbocycles. The molecule has 0 saturated carbocycles. The van der Waals surface area contributed by atoms with Gasteiger partial charge in [-0.25, -0.2) is 4.98 Å². The van der Waals surface area contributed by atoms with Crippen molar-refractivity contribution in [3.8, 4) is 17.2 Å². The maximum atomic E-state index is 12.5. The molecule has 0 spiro atoms. The van der Waals surface area contributed by atoms with Crippen molar-refractivity contribution < 1.29 is 13.9 Å². The Morgan fingerprint density at radius 1 is 1.07 bits per heavy atom. The molecule has 0 aliphatic rings. The molecule has 134 valence electrons. The highest BCUT2D eigenvalue weighted by molar-refractivity contribution is 6.31. The highest BCUT2D eigenvalue weighted by Crippen LogP contribution is 2.26. The lowest BCUT2D eigenvalue weighted by Crippen LogP contribution is -2.13. The van der Waals surface area contributed by atoms with E-state index >= 15 is 0 Å². The molecule has 5 nitrogen and oxygen atoms in total. The number of nitrogens with zero attached hydrogens (tertiary/aromatic N) is 1. The van der Waals surface area contributed by atoms with Gasteiger partial charge in [0.1, 0.15) is 11.3 Å². The van der Waals surface area contributed by atoms with Gasteiger partial charge in [-0.1, -0.05) is 23.7 Å². The summed E-state index contributed by atoms with van der Waals surface area (Å²) in [5.41, 5.74) is 3.37. The smallest absolute Gasteiger partial charge is 0.259 e. The number of para-hydroxylation sites is 2. The Morgan fingerprint density at radius 3 is 2.59 bits per heavy atom. The molecule has 6 heteroatoms. The maximum Gasteiger partial charge on any atom is 0.259 e. The molecule has 0 atom stereocenters. The third kappa shape index (κ3) is 3.50. The van der Waals surface area contributed by atoms with Crippen molar-refractivity contribution in [2.45, 2.75) is 0 Å². The highest BCUT2D eigenvalue weighted by Gasteiger charge is 2.14. The van der Waals surface area contributed by atoms with Gasteiger partial charge in [0.2, 0.25) is 5.89 Å². The molecule has 1 N–H and O–H groups in total. The number of aromatic nitrogens is 1. The minimum absolute atomic E-state index is 0.302. The quantitative estimate of drug-likeness (QED) is 0.515. The SMILES string of the molecule is COc1ccc(Cl)cc1C(=O)Nc1ccc(-c2nc3ccccc3o2)cc1. The summed E-state index contributed by atoms with van der Waals surface area (Å²) in [5, 5.41) is 3.30. The van der Waals surface area contributed by atoms with Crippen LogP contribution in [0.2, 0.25) is 5.02 Å². The van der Waals surface area contributed by atoms with Crippen LogP contribution in [0.4, 0.5) is 5.69 Å². The van der Waals surface area contributed by atoms with Crippen molar-refractivity contribution in [1.82, 2.24) is 4.98 Å². The lowest BCUT2D eigenvalue weighted by atomic mass is 10.1. The number of methoxy groups -OCH3 is 1. The Bertz CT molecular complexity index is 1090. The van der Waals surface area contributed by atoms with Crippen molar-refractivity contribution in [1.29, 1.82) is 0 Å². The van der Waals surface area contributed by atoms with E-state index in [4.69, 9.17) is 20.8 Å². The number of hydrogen-bond acceptors (Lipinski definition) is 4. The summed E-state index contributed by atoms with van der Waals surface area (Å²) in [6.45, 7) is 0. The second-order valence-electron chi connectivity index (χ2n) is 5.86. The minimum Gasteiger partial charge on any atom is -0.496 e. The molecule has 0 saturated heterocycles. The monoisotopic (exact) mass is 378 g/mol. The first-order valence-corrected chi connectivity index (χ1v) is 8.63. The van der Waals surface area contributed by atoms with Crippen LogP contribution in [0.5, 0.6) is 5.75 Å². The number of oxazole rings is 1. The normalized spacial score (nSPS) is 10.7. The fourth-order valence-corrected chi connectivity index (χ4v) is 2.92. The largest absolute Gasteiger partial charge is 0.496 e. The molecule has 4 rings (SSSR count). The van der Waals surface area contributed by atoms with E-state index in [0.717, 1.165) is 16.7 Å². The molecule has 0 aliphatic heterocycles. The van der Waals surface area contributed by atoms with Crippen LogP contribution in [0.1, 0.15) is 10.4 Å². The zero-order valence-corrected chi connectivity index (χ0v) is 15.2. The summed E-state index contributed by atoms with van der Waals surface area (Å²) in [4.78, 5) is 17.0. The number of rotatable bonds is 4. The Hall–Kier alpha value is -3.31. The van der Waals surface area contributed by atoms with E-state index in [9.17, 15) is 4.79 Å². The van der Waals surface area contributed by atoms with Crippen molar-refractivity contribution >= 4 is 34.3 Å². The average Bonchev–Trinajstić information content (AvgIpc) is 3.12. The minimum atomic E-state index is -0.302. The van der Waals surface area contributed by atoms with Crippen molar-refractivity contribution in [2.75, 3.05) is 12.4 Å². The van der Waals surface area contributed by atoms with E-state index in [-0.39, 0.29) is 5.91 Å². The number of fused-ring (bicyclic) bond motifs is 1. The average molecular weight is 379 g/mol. The predicted molar refractivity (Wildman–Crippen MR) is 105 cm³/mol. The number of ether oxygens (including phenoxy) is 1. The molecule has 1 aromatic heterocycles. The van der Waals surface area contributed by atoms with Gasteiger partial charge in [-0.2, -0.15) is 0 Å². The van der Waals surface area contributed by atoms with E-state index in [1.165, 1.54) is 7.11 Å². The Kier molecular flexibility index (Phi) is 4.52. The first-order valence-electron chi connectivity index (χ1n) is 8.25. The van der Waals surface area contributed by atoms with Gasteiger partial charge >= 0.3 is 0 Å². The van der Waals surface area contributed by atoms with E-state index < -0.39 is 0 Å². The number of anilines is 1. The fourth-order valence-electron chi connectivity index (χ4n) is 2.75. The lowest BCUT2D eigenvalue weighted by molar-refractivity contribution is 0.102. The number of hydrogen-bond donors (Lipinski definition) is 1. The van der Waals surface area contributed by atoms with Crippen LogP contribution in [0.25, 0.3) is 22.6 Å². The third-order valence-electron chi connectivity index (χ3n) is 4.09. The van der Waals surface area contributed by atoms with Crippen LogP contribution in [0.3, 0.4) is 0 Å². The summed E-state index contributed by atoms with van der Waals surface area (Å²) in [6, 6.07) is 19.8. The van der Waals surface area contributed by atoms with Gasteiger partial charge in [0.05, 0.1) is 12.7 Å². The van der Waals surface area contributed by atoms with Crippen molar-refractivity contribution in [3.63, 3.8) is 0 Å². The van der Waals surface area contributed by atoms with Crippen LogP contribution in [0.15, 0.2) is 71.1 Å². The molecule has 1 heterocycles. The number of halogens is 1. The van der Waals surface area contributed by atoms with E-state index in [1.807, 2.05) is 36.4 Å². The molecule has 0 unspecified atom stereocenters. The van der Waals surface area contributed by atoms with E-state index in [1.54, 1.807) is 30.3 Å². The number of benzene rings is 3. The van der Waals surface area contributed by atoms with Crippen molar-refractivity contribution in [3.05, 3.63) is 77.3 Å². The summed E-state index contributed by atoms with van der Waals surface area (Å²) in [6.07, 6.45) is 0. The summed E-state index contributed by atoms with van der Waals surface area (Å²) in [5.74, 6) is 0.689. The Labute approximate surface area is 160 Å². The van der Waals surface area contributed by atoms with E-state index in [2.05, 4.69) is 10.3 Å². The van der Waals surface area contributed by atoms with Crippen LogP contribution in [-0.2, 0) is 0 Å². The number of carbonyl (C=O) groups excluding carboxylic acids is 1. The highest BCUT2D eigenvalue weighted by atomic mass is 35.5. The maximum absolute atomic E-state index is 12.5. The second kappa shape index (κ2) is 7.13. The second-order valence-corrected chi connectivity index (χ2v) is 6.30. The Morgan fingerprint density at radius 2 is 1.85 bits per heavy atom. The van der Waals surface area contributed by atoms with Gasteiger partial charge in [0.25, 0.3) is 5.91 Å². The zero-order chi connectivity index (χ0) is 18.8. The van der Waals surface area contributed by atoms with Gasteiger partial charge in [-0.05, 0) is 54.6 Å². The molecule has 0 radical (unpaired) electrons. The van der Waals surface area contributed by atoms with Gasteiger partial charge in [0.15, 0.2) is 5.58 Å². The first-order chi connectivity index (χ1) is 13.1. The molecule has 4 aromatic rings. The van der Waals surface area contributed by atoms with E-state index in [0.29, 0.717) is 27.9 Å². The van der Waals surface area contributed by atoms with Crippen molar-refractivity contribution in [2.24, 2.45) is 0 Å². The van der Waals surface area contributed by atoms with Crippen LogP contribution >= 0.6 is 11.6 Å². The fraction of sp³-hybridized carbons (Fsp3) is 0.0476. The number of carbonyl (C=O) groups is 1. The molecule has 0 bridgehead atoms. The molecular formula is C21H15ClN2O3. The zero-order valence-electron chi connectivity index (χ0n) is 14.4. The molecule has 3 aromatic carbocycles. The summed E-state index contributed by atoms with van der Waals surface area (Å²) < 4.78 is 11.0. The van der Waals surface area contributed by atoms with Crippen LogP contribution in [-0.4, -0.2) is 18.0 Å². The summed E-state index contributed by atoms with van der Waals surface area (Å²) >= 11 is 5.99. The predicted octanol–water partition coefficient (Wildman–Crippen LogP) is 5.41. The number of nitrogens with one attached hydrogen (secondary N) is 1. The van der Waals surface area contributed by atoms with Gasteiger partial charge < -0.3 is 14.5 Å². The van der Waals surface area contributed by atoms with Crippen LogP contribution < -0.4 is 10.1 Å². The lowest BCUT2D eigenvalue weighted by Gasteiger charge is -2.10. The molecule has 27 heavy (non-hydrogen) atoms. The molecular weight excluding hydrogens is 364 g/mol. The molecule has 1 amide bonds. The standard InChI is InChI=1S/C21H15ClN2O3/c1-26-18-11-8-14(22)12-16(18)20(25)23-15-9-6-13(7-10-15)21-24-17-4-2-3-5-19(17)27-21/h2-12H,1H3,(H,23,25). The Balaban J connectivity index is 1.56. The number of amides is 1. The van der Waals surface area contributed by atoms with Crippen LogP contribution in [0, 0.1) is 0 Å². The topological polar surface area (TPSA) is 64.4 Å². The first kappa shape index (κ1) is 17.1. The molecule has 0 fully saturated rings. The summed E-state index contributed by atoms with van der Waals surface area (Å²) in [7, 11) is 1.51. The van der Waals surface area contributed by atoms with Gasteiger partial charge in [-0.3, -0.25) is 4.79 Å². The van der Waals surface area contributed by atoms with Gasteiger partial charge in [0, 0.05) is 16.3 Å². The third-order valence-corrected chi connectivity index (χ3v) is 4.32. The van der Waals surface area contributed by atoms with Gasteiger partial charge in [-0.15, -0.1) is 0 Å².